The number of rotatable bonds is 5. The summed E-state index contributed by atoms with van der Waals surface area (Å²) in [5, 5.41) is 17.0. The molecule has 2 heterocycles. The Hall–Kier alpha value is -4.94. The van der Waals surface area contributed by atoms with E-state index in [1.54, 1.807) is 42.6 Å². The van der Waals surface area contributed by atoms with Gasteiger partial charge in [0.1, 0.15) is 5.75 Å². The Morgan fingerprint density at radius 2 is 1.60 bits per heavy atom. The Morgan fingerprint density at radius 3 is 2.17 bits per heavy atom. The number of carbonyl (C=O) groups is 3. The van der Waals surface area contributed by atoms with Crippen molar-refractivity contribution >= 4 is 34.9 Å². The molecule has 4 aromatic rings. The Labute approximate surface area is 226 Å². The number of ether oxygens (including phenoxy) is 1. The van der Waals surface area contributed by atoms with Crippen LogP contribution in [-0.2, 0) is 15.0 Å². The van der Waals surface area contributed by atoms with E-state index in [2.05, 4.69) is 41.5 Å². The number of amides is 2. The maximum absolute atomic E-state index is 12.6. The number of benzene rings is 2. The van der Waals surface area contributed by atoms with Crippen LogP contribution in [0, 0.1) is 0 Å². The minimum absolute atomic E-state index is 0.0211. The number of hydrogen-bond donors (Lipinski definition) is 3. The number of aromatic nitrogens is 3. The molecule has 0 aliphatic heterocycles. The second kappa shape index (κ2) is 11.8. The summed E-state index contributed by atoms with van der Waals surface area (Å²) < 4.78 is 39.1. The number of anilines is 2. The molecule has 0 aliphatic rings. The van der Waals surface area contributed by atoms with Crippen molar-refractivity contribution < 1.29 is 37.4 Å². The fourth-order valence-corrected chi connectivity index (χ4v) is 3.25. The lowest BCUT2D eigenvalue weighted by Gasteiger charge is -2.18. The molecule has 40 heavy (non-hydrogen) atoms. The predicted octanol–water partition coefficient (Wildman–Crippen LogP) is 5.66. The molecule has 0 aliphatic carbocycles. The number of halogens is 3. The van der Waals surface area contributed by atoms with Gasteiger partial charge in [-0.15, -0.1) is 5.10 Å². The van der Waals surface area contributed by atoms with Gasteiger partial charge in [-0.05, 0) is 41.3 Å². The summed E-state index contributed by atoms with van der Waals surface area (Å²) in [6, 6.07) is 18.0. The first kappa shape index (κ1) is 29.6. The van der Waals surface area contributed by atoms with Crippen LogP contribution >= 0.6 is 0 Å². The number of aliphatic carboxylic acids is 1. The lowest BCUT2D eigenvalue weighted by molar-refractivity contribution is -0.192. The molecular formula is C27H26F3N5O5. The Morgan fingerprint density at radius 1 is 0.950 bits per heavy atom. The molecule has 2 aromatic carbocycles. The quantitative estimate of drug-likeness (QED) is 0.288. The van der Waals surface area contributed by atoms with Gasteiger partial charge < -0.3 is 20.5 Å². The first-order chi connectivity index (χ1) is 18.6. The van der Waals surface area contributed by atoms with E-state index in [4.69, 9.17) is 14.6 Å². The minimum atomic E-state index is -5.08. The van der Waals surface area contributed by atoms with Gasteiger partial charge in [-0.1, -0.05) is 39.0 Å². The number of hydrogen-bond acceptors (Lipinski definition) is 6. The number of nitrogens with zero attached hydrogens (tertiary/aromatic N) is 3. The van der Waals surface area contributed by atoms with E-state index in [9.17, 15) is 22.8 Å². The highest BCUT2D eigenvalue weighted by atomic mass is 19.4. The van der Waals surface area contributed by atoms with Crippen molar-refractivity contribution in [3.8, 4) is 11.6 Å². The Balaban J connectivity index is 0.000000559. The normalized spacial score (nSPS) is 11.3. The molecule has 0 fully saturated rings. The fourth-order valence-electron chi connectivity index (χ4n) is 3.25. The molecule has 3 N–H and O–H groups in total. The molecule has 4 rings (SSSR count). The topological polar surface area (TPSA) is 135 Å². The zero-order valence-electron chi connectivity index (χ0n) is 21.9. The number of carbonyl (C=O) groups excluding carboxylic acids is 2. The zero-order valence-corrected chi connectivity index (χ0v) is 21.9. The third kappa shape index (κ3) is 8.28. The van der Waals surface area contributed by atoms with Crippen LogP contribution in [0.2, 0.25) is 0 Å². The molecule has 10 nitrogen and oxygen atoms in total. The molecule has 2 amide bonds. The summed E-state index contributed by atoms with van der Waals surface area (Å²) in [5.74, 6) is -1.91. The molecule has 0 saturated carbocycles. The van der Waals surface area contributed by atoms with E-state index in [0.717, 1.165) is 5.56 Å². The van der Waals surface area contributed by atoms with Crippen molar-refractivity contribution in [2.24, 2.45) is 0 Å². The van der Waals surface area contributed by atoms with E-state index in [1.807, 2.05) is 24.3 Å². The third-order valence-electron chi connectivity index (χ3n) is 5.17. The first-order valence-corrected chi connectivity index (χ1v) is 11.8. The summed E-state index contributed by atoms with van der Waals surface area (Å²) >= 11 is 0. The molecule has 0 unspecified atom stereocenters. The number of carboxylic acid groups (broad SMARTS) is 1. The maximum Gasteiger partial charge on any atom is 0.490 e. The highest BCUT2D eigenvalue weighted by Crippen LogP contribution is 2.24. The summed E-state index contributed by atoms with van der Waals surface area (Å²) in [4.78, 5) is 37.2. The number of fused-ring (bicyclic) bond motifs is 1. The van der Waals surface area contributed by atoms with Gasteiger partial charge in [0.05, 0.1) is 6.20 Å². The van der Waals surface area contributed by atoms with Crippen LogP contribution in [0.1, 0.15) is 43.6 Å². The predicted molar refractivity (Wildman–Crippen MR) is 141 cm³/mol. The zero-order chi connectivity index (χ0) is 29.7. The van der Waals surface area contributed by atoms with Crippen molar-refractivity contribution in [2.45, 2.75) is 39.3 Å². The molecule has 210 valence electrons. The second-order valence-corrected chi connectivity index (χ2v) is 9.50. The van der Waals surface area contributed by atoms with Gasteiger partial charge in [-0.25, -0.2) is 14.3 Å². The van der Waals surface area contributed by atoms with Gasteiger partial charge in [0, 0.05) is 30.3 Å². The summed E-state index contributed by atoms with van der Waals surface area (Å²) in [6.45, 7) is 7.83. The lowest BCUT2D eigenvalue weighted by Crippen LogP contribution is -2.21. The number of alkyl halides is 3. The van der Waals surface area contributed by atoms with Gasteiger partial charge in [0.15, 0.2) is 11.5 Å². The van der Waals surface area contributed by atoms with E-state index in [0.29, 0.717) is 34.3 Å². The number of imidazole rings is 1. The van der Waals surface area contributed by atoms with Crippen molar-refractivity contribution in [1.82, 2.24) is 14.6 Å². The average Bonchev–Trinajstić information content (AvgIpc) is 3.24. The molecule has 2 aromatic heterocycles. The van der Waals surface area contributed by atoms with Gasteiger partial charge >= 0.3 is 12.1 Å². The molecule has 0 spiro atoms. The Kier molecular flexibility index (Phi) is 8.77. The van der Waals surface area contributed by atoms with Crippen LogP contribution in [0.4, 0.5) is 24.7 Å². The van der Waals surface area contributed by atoms with Crippen LogP contribution in [0.3, 0.4) is 0 Å². The number of nitrogens with one attached hydrogen (secondary N) is 2. The lowest BCUT2D eigenvalue weighted by atomic mass is 9.87. The fraction of sp³-hybridized carbons (Fsp3) is 0.222. The van der Waals surface area contributed by atoms with Crippen LogP contribution in [0.15, 0.2) is 66.9 Å². The largest absolute Gasteiger partial charge is 0.490 e. The first-order valence-electron chi connectivity index (χ1n) is 11.8. The number of carboxylic acids is 1. The van der Waals surface area contributed by atoms with Crippen molar-refractivity contribution in [1.29, 1.82) is 0 Å². The monoisotopic (exact) mass is 557 g/mol. The molecular weight excluding hydrogens is 531 g/mol. The van der Waals surface area contributed by atoms with E-state index in [1.165, 1.54) is 11.4 Å². The van der Waals surface area contributed by atoms with E-state index < -0.39 is 12.1 Å². The summed E-state index contributed by atoms with van der Waals surface area (Å²) in [6.07, 6.45) is -3.46. The van der Waals surface area contributed by atoms with Gasteiger partial charge in [0.25, 0.3) is 5.91 Å². The highest BCUT2D eigenvalue weighted by Gasteiger charge is 2.38. The summed E-state index contributed by atoms with van der Waals surface area (Å²) in [7, 11) is 0. The molecule has 0 atom stereocenters. The van der Waals surface area contributed by atoms with E-state index in [-0.39, 0.29) is 17.2 Å². The average molecular weight is 558 g/mol. The van der Waals surface area contributed by atoms with Gasteiger partial charge in [-0.2, -0.15) is 13.2 Å². The minimum Gasteiger partial charge on any atom is -0.475 e. The third-order valence-corrected chi connectivity index (χ3v) is 5.17. The summed E-state index contributed by atoms with van der Waals surface area (Å²) in [5.41, 5.74) is 2.92. The van der Waals surface area contributed by atoms with Crippen molar-refractivity contribution in [3.63, 3.8) is 0 Å². The highest BCUT2D eigenvalue weighted by molar-refractivity contribution is 6.03. The molecule has 0 bridgehead atoms. The Bertz CT molecular complexity index is 1530. The van der Waals surface area contributed by atoms with Crippen molar-refractivity contribution in [3.05, 3.63) is 78.0 Å². The second-order valence-electron chi connectivity index (χ2n) is 9.50. The standard InChI is InChI=1S/C25H25N5O3.C2HF3O2/c1-16(31)26-19-6-5-7-20(14-19)33-23-13-12-22-27-21(15-30(22)29-23)28-24(32)17-8-10-18(11-9-17)25(2,3)4;3-2(4,5)1(6)7/h5-15H,1-4H3,(H,26,31)(H,28,32);(H,6,7). The smallest absolute Gasteiger partial charge is 0.475 e. The maximum atomic E-state index is 12.6. The SMILES string of the molecule is CC(=O)Nc1cccc(Oc2ccc3nc(NC(=O)c4ccc(C(C)(C)C)cc4)cn3n2)c1.O=C(O)C(F)(F)F. The van der Waals surface area contributed by atoms with Gasteiger partial charge in [-0.3, -0.25) is 9.59 Å². The molecule has 0 saturated heterocycles. The van der Waals surface area contributed by atoms with E-state index >= 15 is 0 Å². The van der Waals surface area contributed by atoms with Crippen LogP contribution in [-0.4, -0.2) is 43.7 Å². The van der Waals surface area contributed by atoms with Crippen LogP contribution in [0.25, 0.3) is 5.65 Å². The molecule has 0 radical (unpaired) electrons. The van der Waals surface area contributed by atoms with Gasteiger partial charge in [0.2, 0.25) is 11.8 Å². The van der Waals surface area contributed by atoms with Crippen LogP contribution < -0.4 is 15.4 Å². The van der Waals surface area contributed by atoms with Crippen LogP contribution in [0.5, 0.6) is 11.6 Å². The molecule has 13 heteroatoms. The van der Waals surface area contributed by atoms with Crippen molar-refractivity contribution in [2.75, 3.05) is 10.6 Å².